The van der Waals surface area contributed by atoms with Crippen molar-refractivity contribution in [3.63, 3.8) is 0 Å². The summed E-state index contributed by atoms with van der Waals surface area (Å²) in [7, 11) is 0. The maximum absolute atomic E-state index is 12.3. The molecule has 0 fully saturated rings. The maximum Gasteiger partial charge on any atom is 0.240 e. The molecule has 0 atom stereocenters. The van der Waals surface area contributed by atoms with E-state index in [2.05, 4.69) is 10.3 Å². The second-order valence-electron chi connectivity index (χ2n) is 5.91. The van der Waals surface area contributed by atoms with E-state index >= 15 is 0 Å². The molecule has 1 aromatic heterocycles. The fourth-order valence-corrected chi connectivity index (χ4v) is 4.77. The Morgan fingerprint density at radius 3 is 2.85 bits per heavy atom. The third-order valence-electron chi connectivity index (χ3n) is 4.11. The molecule has 0 bridgehead atoms. The molecular weight excluding hydrogens is 366 g/mol. The smallest absolute Gasteiger partial charge is 0.240 e. The zero-order valence-corrected chi connectivity index (χ0v) is 15.6. The first kappa shape index (κ1) is 17.1. The number of amides is 2. The van der Waals surface area contributed by atoms with E-state index in [4.69, 9.17) is 0 Å². The predicted molar refractivity (Wildman–Crippen MR) is 106 cm³/mol. The zero-order chi connectivity index (χ0) is 17.9. The highest BCUT2D eigenvalue weighted by Gasteiger charge is 2.26. The summed E-state index contributed by atoms with van der Waals surface area (Å²) in [5.74, 6) is 0.187. The number of carbonyl (C=O) groups is 2. The minimum Gasteiger partial charge on any atom is -0.354 e. The SMILES string of the molecule is O=C(CN1C(=O)CSc2ccccc21)NCCc1nc2ccccc2s1. The minimum absolute atomic E-state index is 0.0324. The van der Waals surface area contributed by atoms with Crippen molar-refractivity contribution in [3.8, 4) is 0 Å². The number of thioether (sulfide) groups is 1. The van der Waals surface area contributed by atoms with Crippen LogP contribution in [0.25, 0.3) is 10.2 Å². The van der Waals surface area contributed by atoms with E-state index in [-0.39, 0.29) is 18.4 Å². The highest BCUT2D eigenvalue weighted by atomic mass is 32.2. The largest absolute Gasteiger partial charge is 0.354 e. The van der Waals surface area contributed by atoms with Crippen LogP contribution in [0.2, 0.25) is 0 Å². The molecule has 4 rings (SSSR count). The highest BCUT2D eigenvalue weighted by molar-refractivity contribution is 8.00. The Bertz CT molecular complexity index is 937. The minimum atomic E-state index is -0.152. The van der Waals surface area contributed by atoms with Crippen LogP contribution in [0.1, 0.15) is 5.01 Å². The van der Waals surface area contributed by atoms with Crippen LogP contribution in [0.4, 0.5) is 5.69 Å². The molecule has 1 N–H and O–H groups in total. The number of aromatic nitrogens is 1. The first-order chi connectivity index (χ1) is 12.7. The van der Waals surface area contributed by atoms with E-state index in [1.807, 2.05) is 48.5 Å². The number of nitrogens with zero attached hydrogens (tertiary/aromatic N) is 2. The van der Waals surface area contributed by atoms with Gasteiger partial charge in [-0.1, -0.05) is 24.3 Å². The third kappa shape index (κ3) is 3.59. The van der Waals surface area contributed by atoms with Gasteiger partial charge in [0.1, 0.15) is 6.54 Å². The lowest BCUT2D eigenvalue weighted by Crippen LogP contribution is -2.43. The second-order valence-corrected chi connectivity index (χ2v) is 8.04. The van der Waals surface area contributed by atoms with Gasteiger partial charge in [0.05, 0.1) is 26.7 Å². The number of benzene rings is 2. The van der Waals surface area contributed by atoms with Crippen LogP contribution in [-0.2, 0) is 16.0 Å². The van der Waals surface area contributed by atoms with Crippen molar-refractivity contribution in [1.29, 1.82) is 0 Å². The maximum atomic E-state index is 12.3. The van der Waals surface area contributed by atoms with Crippen molar-refractivity contribution >= 4 is 50.8 Å². The summed E-state index contributed by atoms with van der Waals surface area (Å²) < 4.78 is 1.15. The first-order valence-electron chi connectivity index (χ1n) is 8.34. The Kier molecular flexibility index (Phi) is 4.90. The zero-order valence-electron chi connectivity index (χ0n) is 14.0. The Morgan fingerprint density at radius 1 is 1.15 bits per heavy atom. The van der Waals surface area contributed by atoms with Crippen molar-refractivity contribution in [2.45, 2.75) is 11.3 Å². The fourth-order valence-electron chi connectivity index (χ4n) is 2.86. The van der Waals surface area contributed by atoms with Crippen LogP contribution in [0.3, 0.4) is 0 Å². The van der Waals surface area contributed by atoms with E-state index in [9.17, 15) is 9.59 Å². The summed E-state index contributed by atoms with van der Waals surface area (Å²) in [6.07, 6.45) is 0.686. The normalized spacial score (nSPS) is 13.7. The van der Waals surface area contributed by atoms with E-state index in [1.54, 1.807) is 16.2 Å². The van der Waals surface area contributed by atoms with Crippen molar-refractivity contribution in [1.82, 2.24) is 10.3 Å². The Morgan fingerprint density at radius 2 is 1.96 bits per heavy atom. The van der Waals surface area contributed by atoms with Crippen LogP contribution >= 0.6 is 23.1 Å². The van der Waals surface area contributed by atoms with Crippen LogP contribution in [-0.4, -0.2) is 35.6 Å². The lowest BCUT2D eigenvalue weighted by atomic mass is 10.2. The summed E-state index contributed by atoms with van der Waals surface area (Å²) in [4.78, 5) is 31.7. The second kappa shape index (κ2) is 7.47. The topological polar surface area (TPSA) is 62.3 Å². The molecule has 2 aromatic carbocycles. The van der Waals surface area contributed by atoms with Gasteiger partial charge in [0.2, 0.25) is 11.8 Å². The van der Waals surface area contributed by atoms with E-state index in [0.29, 0.717) is 18.7 Å². The Labute approximate surface area is 159 Å². The molecule has 0 spiro atoms. The molecule has 1 aliphatic rings. The molecule has 3 aromatic rings. The van der Waals surface area contributed by atoms with Gasteiger partial charge in [-0.3, -0.25) is 9.59 Å². The van der Waals surface area contributed by atoms with Crippen LogP contribution in [0.5, 0.6) is 0 Å². The lowest BCUT2D eigenvalue weighted by Gasteiger charge is -2.28. The van der Waals surface area contributed by atoms with Gasteiger partial charge >= 0.3 is 0 Å². The molecule has 0 saturated heterocycles. The van der Waals surface area contributed by atoms with Gasteiger partial charge < -0.3 is 10.2 Å². The van der Waals surface area contributed by atoms with Gasteiger partial charge in [0.15, 0.2) is 0 Å². The third-order valence-corrected chi connectivity index (χ3v) is 6.25. The number of para-hydroxylation sites is 2. The van der Waals surface area contributed by atoms with E-state index in [0.717, 1.165) is 25.8 Å². The number of hydrogen-bond donors (Lipinski definition) is 1. The summed E-state index contributed by atoms with van der Waals surface area (Å²) in [5, 5.41) is 3.90. The Balaban J connectivity index is 1.35. The lowest BCUT2D eigenvalue weighted by molar-refractivity contribution is -0.122. The molecule has 7 heteroatoms. The summed E-state index contributed by atoms with van der Waals surface area (Å²) >= 11 is 3.16. The molecule has 0 unspecified atom stereocenters. The van der Waals surface area contributed by atoms with E-state index in [1.165, 1.54) is 11.8 Å². The molecule has 0 saturated carbocycles. The monoisotopic (exact) mass is 383 g/mol. The highest BCUT2D eigenvalue weighted by Crippen LogP contribution is 2.34. The van der Waals surface area contributed by atoms with Gasteiger partial charge in [-0.05, 0) is 24.3 Å². The molecule has 0 radical (unpaired) electrons. The first-order valence-corrected chi connectivity index (χ1v) is 10.1. The molecule has 2 amide bonds. The quantitative estimate of drug-likeness (QED) is 0.735. The molecule has 0 aliphatic carbocycles. The number of nitrogens with one attached hydrogen (secondary N) is 1. The molecule has 1 aliphatic heterocycles. The Hall–Kier alpha value is -2.38. The summed E-state index contributed by atoms with van der Waals surface area (Å²) in [5.41, 5.74) is 1.81. The van der Waals surface area contributed by atoms with Gasteiger partial charge in [-0.2, -0.15) is 0 Å². The molecule has 132 valence electrons. The number of thiazole rings is 1. The van der Waals surface area contributed by atoms with Crippen LogP contribution in [0.15, 0.2) is 53.4 Å². The number of anilines is 1. The molecule has 2 heterocycles. The van der Waals surface area contributed by atoms with Gasteiger partial charge in [-0.15, -0.1) is 23.1 Å². The van der Waals surface area contributed by atoms with Gasteiger partial charge in [0.25, 0.3) is 0 Å². The molecule has 26 heavy (non-hydrogen) atoms. The van der Waals surface area contributed by atoms with Crippen LogP contribution in [0, 0.1) is 0 Å². The summed E-state index contributed by atoms with van der Waals surface area (Å²) in [6.45, 7) is 0.563. The number of rotatable bonds is 5. The molecule has 5 nitrogen and oxygen atoms in total. The van der Waals surface area contributed by atoms with Crippen molar-refractivity contribution in [3.05, 3.63) is 53.5 Å². The van der Waals surface area contributed by atoms with Crippen molar-refractivity contribution in [2.24, 2.45) is 0 Å². The average Bonchev–Trinajstić information content (AvgIpc) is 3.07. The standard InChI is InChI=1S/C19H17N3O2S2/c23-17(11-22-14-6-2-4-8-16(14)25-12-19(22)24)20-10-9-18-21-13-5-1-3-7-15(13)26-18/h1-8H,9-12H2,(H,20,23). The van der Waals surface area contributed by atoms with Crippen molar-refractivity contribution < 1.29 is 9.59 Å². The average molecular weight is 383 g/mol. The fraction of sp³-hybridized carbons (Fsp3) is 0.211. The number of carbonyl (C=O) groups excluding carboxylic acids is 2. The van der Waals surface area contributed by atoms with Gasteiger partial charge in [-0.25, -0.2) is 4.98 Å². The number of hydrogen-bond acceptors (Lipinski definition) is 5. The summed E-state index contributed by atoms with van der Waals surface area (Å²) in [6, 6.07) is 15.7. The van der Waals surface area contributed by atoms with Crippen LogP contribution < -0.4 is 10.2 Å². The van der Waals surface area contributed by atoms with E-state index < -0.39 is 0 Å². The molecular formula is C19H17N3O2S2. The number of fused-ring (bicyclic) bond motifs is 2. The predicted octanol–water partition coefficient (Wildman–Crippen LogP) is 3.09. The van der Waals surface area contributed by atoms with Crippen molar-refractivity contribution in [2.75, 3.05) is 23.7 Å². The van der Waals surface area contributed by atoms with Gasteiger partial charge in [0, 0.05) is 17.9 Å².